The Morgan fingerprint density at radius 1 is 0.640 bits per heavy atom. The van der Waals surface area contributed by atoms with E-state index in [2.05, 4.69) is 76.2 Å². The largest absolute Gasteiger partial charge is 0.352 e. The van der Waals surface area contributed by atoms with Crippen LogP contribution in [0.15, 0.2) is 72.8 Å². The zero-order valence-corrected chi connectivity index (χ0v) is 14.1. The van der Waals surface area contributed by atoms with Gasteiger partial charge in [0.2, 0.25) is 0 Å². The van der Waals surface area contributed by atoms with Crippen molar-refractivity contribution < 1.29 is 0 Å². The minimum absolute atomic E-state index is 0.669. The third-order valence-electron chi connectivity index (χ3n) is 4.44. The lowest BCUT2D eigenvalue weighted by molar-refractivity contribution is 0.819. The standard InChI is InChI=1S/C21H22N4/c22-14-7-15-25-20-12-5-3-10-18(20)23-16-8-1-2-9-17(16)24-19-11-4-6-13-21(19)25/h1-6,8-13,23-24H,7,14-15,22H2. The van der Waals surface area contributed by atoms with Gasteiger partial charge in [0.1, 0.15) is 0 Å². The lowest BCUT2D eigenvalue weighted by Gasteiger charge is -2.28. The van der Waals surface area contributed by atoms with Gasteiger partial charge in [0.05, 0.1) is 34.1 Å². The molecule has 0 bridgehead atoms. The van der Waals surface area contributed by atoms with Crippen LogP contribution in [0.5, 0.6) is 0 Å². The van der Waals surface area contributed by atoms with Crippen LogP contribution in [0.3, 0.4) is 0 Å². The van der Waals surface area contributed by atoms with E-state index >= 15 is 0 Å². The summed E-state index contributed by atoms with van der Waals surface area (Å²) in [5.41, 5.74) is 12.4. The third-order valence-corrected chi connectivity index (χ3v) is 4.44. The maximum absolute atomic E-state index is 5.80. The van der Waals surface area contributed by atoms with E-state index < -0.39 is 0 Å². The summed E-state index contributed by atoms with van der Waals surface area (Å²) < 4.78 is 0. The lowest BCUT2D eigenvalue weighted by atomic mass is 10.1. The fourth-order valence-electron chi connectivity index (χ4n) is 3.24. The number of rotatable bonds is 3. The SMILES string of the molecule is NCCCN1c2ccccc2Nc2ccccc2Nc2ccccc21. The van der Waals surface area contributed by atoms with Gasteiger partial charge < -0.3 is 21.3 Å². The number of hydrogen-bond donors (Lipinski definition) is 3. The summed E-state index contributed by atoms with van der Waals surface area (Å²) in [4.78, 5) is 2.34. The molecule has 4 N–H and O–H groups in total. The number of nitrogens with zero attached hydrogens (tertiary/aromatic N) is 1. The van der Waals surface area contributed by atoms with E-state index in [1.807, 2.05) is 12.1 Å². The van der Waals surface area contributed by atoms with Gasteiger partial charge in [-0.1, -0.05) is 36.4 Å². The van der Waals surface area contributed by atoms with E-state index in [1.54, 1.807) is 0 Å². The zero-order chi connectivity index (χ0) is 17.1. The monoisotopic (exact) mass is 330 g/mol. The molecule has 1 heterocycles. The Balaban J connectivity index is 1.93. The average molecular weight is 330 g/mol. The van der Waals surface area contributed by atoms with Gasteiger partial charge in [-0.2, -0.15) is 0 Å². The van der Waals surface area contributed by atoms with Crippen LogP contribution in [-0.4, -0.2) is 13.1 Å². The molecule has 4 heteroatoms. The average Bonchev–Trinajstić information content (AvgIpc) is 2.71. The van der Waals surface area contributed by atoms with Crippen molar-refractivity contribution in [1.29, 1.82) is 0 Å². The van der Waals surface area contributed by atoms with Crippen molar-refractivity contribution in [2.75, 3.05) is 28.6 Å². The molecule has 0 saturated carbocycles. The van der Waals surface area contributed by atoms with Gasteiger partial charge >= 0.3 is 0 Å². The first-order chi connectivity index (χ1) is 12.4. The molecule has 0 atom stereocenters. The van der Waals surface area contributed by atoms with E-state index in [0.717, 1.165) is 47.1 Å². The van der Waals surface area contributed by atoms with Crippen LogP contribution in [0.1, 0.15) is 6.42 Å². The summed E-state index contributed by atoms with van der Waals surface area (Å²) in [5.74, 6) is 0. The Hall–Kier alpha value is -2.98. The van der Waals surface area contributed by atoms with Gasteiger partial charge in [0, 0.05) is 6.54 Å². The predicted molar refractivity (Wildman–Crippen MR) is 107 cm³/mol. The second-order valence-corrected chi connectivity index (χ2v) is 6.12. The number of benzene rings is 3. The molecule has 0 aromatic heterocycles. The zero-order valence-electron chi connectivity index (χ0n) is 14.1. The van der Waals surface area contributed by atoms with Gasteiger partial charge in [-0.15, -0.1) is 0 Å². The topological polar surface area (TPSA) is 53.3 Å². The van der Waals surface area contributed by atoms with Crippen LogP contribution in [0.2, 0.25) is 0 Å². The molecule has 4 rings (SSSR count). The summed E-state index contributed by atoms with van der Waals surface area (Å²) in [6.07, 6.45) is 0.926. The van der Waals surface area contributed by atoms with E-state index in [0.29, 0.717) is 6.54 Å². The van der Waals surface area contributed by atoms with E-state index in [-0.39, 0.29) is 0 Å². The summed E-state index contributed by atoms with van der Waals surface area (Å²) >= 11 is 0. The van der Waals surface area contributed by atoms with Crippen LogP contribution < -0.4 is 21.3 Å². The molecular weight excluding hydrogens is 308 g/mol. The minimum atomic E-state index is 0.669. The molecule has 0 saturated heterocycles. The summed E-state index contributed by atoms with van der Waals surface area (Å²) in [6.45, 7) is 1.53. The third kappa shape index (κ3) is 3.04. The molecule has 0 radical (unpaired) electrons. The smallest absolute Gasteiger partial charge is 0.0650 e. The molecule has 0 aliphatic carbocycles. The first-order valence-electron chi connectivity index (χ1n) is 8.65. The fraction of sp³-hybridized carbons (Fsp3) is 0.143. The van der Waals surface area contributed by atoms with Crippen molar-refractivity contribution in [3.8, 4) is 0 Å². The van der Waals surface area contributed by atoms with Gasteiger partial charge in [0.15, 0.2) is 0 Å². The van der Waals surface area contributed by atoms with Crippen LogP contribution in [0.25, 0.3) is 0 Å². The minimum Gasteiger partial charge on any atom is -0.352 e. The number of fused-ring (bicyclic) bond motifs is 3. The summed E-state index contributed by atoms with van der Waals surface area (Å²) in [7, 11) is 0. The number of para-hydroxylation sites is 6. The highest BCUT2D eigenvalue weighted by molar-refractivity contribution is 5.91. The maximum Gasteiger partial charge on any atom is 0.0650 e. The lowest BCUT2D eigenvalue weighted by Crippen LogP contribution is -2.22. The first kappa shape index (κ1) is 15.5. The van der Waals surface area contributed by atoms with Crippen molar-refractivity contribution in [3.05, 3.63) is 72.8 Å². The van der Waals surface area contributed by atoms with Crippen molar-refractivity contribution in [3.63, 3.8) is 0 Å². The number of nitrogens with one attached hydrogen (secondary N) is 2. The molecule has 25 heavy (non-hydrogen) atoms. The van der Waals surface area contributed by atoms with E-state index in [1.165, 1.54) is 0 Å². The highest BCUT2D eigenvalue weighted by atomic mass is 15.2. The Kier molecular flexibility index (Phi) is 4.27. The Morgan fingerprint density at radius 3 is 1.56 bits per heavy atom. The molecule has 126 valence electrons. The highest BCUT2D eigenvalue weighted by Crippen LogP contribution is 2.42. The molecule has 0 amide bonds. The molecular formula is C21H22N4. The van der Waals surface area contributed by atoms with Crippen LogP contribution in [-0.2, 0) is 0 Å². The Bertz CT molecular complexity index is 807. The predicted octanol–water partition coefficient (Wildman–Crippen LogP) is 4.97. The Labute approximate surface area is 148 Å². The van der Waals surface area contributed by atoms with Crippen molar-refractivity contribution >= 4 is 34.1 Å². The molecule has 3 aromatic rings. The first-order valence-corrected chi connectivity index (χ1v) is 8.65. The molecule has 0 fully saturated rings. The normalized spacial score (nSPS) is 12.4. The number of nitrogens with two attached hydrogens (primary N) is 1. The number of anilines is 6. The second kappa shape index (κ2) is 6.87. The van der Waals surface area contributed by atoms with E-state index in [4.69, 9.17) is 5.73 Å². The van der Waals surface area contributed by atoms with Gasteiger partial charge in [0.25, 0.3) is 0 Å². The highest BCUT2D eigenvalue weighted by Gasteiger charge is 2.19. The van der Waals surface area contributed by atoms with Gasteiger partial charge in [-0.3, -0.25) is 0 Å². The quantitative estimate of drug-likeness (QED) is 0.634. The van der Waals surface area contributed by atoms with Gasteiger partial charge in [-0.25, -0.2) is 0 Å². The molecule has 4 nitrogen and oxygen atoms in total. The molecule has 3 aromatic carbocycles. The van der Waals surface area contributed by atoms with Crippen molar-refractivity contribution in [1.82, 2.24) is 0 Å². The second-order valence-electron chi connectivity index (χ2n) is 6.12. The molecule has 1 aliphatic heterocycles. The molecule has 0 spiro atoms. The van der Waals surface area contributed by atoms with Gasteiger partial charge in [-0.05, 0) is 49.4 Å². The van der Waals surface area contributed by atoms with E-state index in [9.17, 15) is 0 Å². The van der Waals surface area contributed by atoms with Crippen molar-refractivity contribution in [2.45, 2.75) is 6.42 Å². The Morgan fingerprint density at radius 2 is 1.08 bits per heavy atom. The summed E-state index contributed by atoms with van der Waals surface area (Å²) in [5, 5.41) is 7.18. The molecule has 0 unspecified atom stereocenters. The fourth-order valence-corrected chi connectivity index (χ4v) is 3.24. The van der Waals surface area contributed by atoms with Crippen LogP contribution in [0, 0.1) is 0 Å². The van der Waals surface area contributed by atoms with Crippen LogP contribution in [0.4, 0.5) is 34.1 Å². The van der Waals surface area contributed by atoms with Crippen molar-refractivity contribution in [2.24, 2.45) is 5.73 Å². The number of hydrogen-bond acceptors (Lipinski definition) is 4. The molecule has 1 aliphatic rings. The van der Waals surface area contributed by atoms with Crippen LogP contribution >= 0.6 is 0 Å². The summed E-state index contributed by atoms with van der Waals surface area (Å²) in [6, 6.07) is 25.1. The maximum atomic E-state index is 5.80.